The first-order valence-corrected chi connectivity index (χ1v) is 4.76. The third-order valence-corrected chi connectivity index (χ3v) is 1.85. The van der Waals surface area contributed by atoms with Crippen molar-refractivity contribution in [3.8, 4) is 5.75 Å². The zero-order valence-corrected chi connectivity index (χ0v) is 8.82. The van der Waals surface area contributed by atoms with E-state index in [1.54, 1.807) is 7.11 Å². The summed E-state index contributed by atoms with van der Waals surface area (Å²) in [6.45, 7) is 1.01. The molecule has 1 aromatic rings. The Morgan fingerprint density at radius 2 is 2.27 bits per heavy atom. The van der Waals surface area contributed by atoms with Gasteiger partial charge in [0.2, 0.25) is 0 Å². The van der Waals surface area contributed by atoms with Crippen LogP contribution >= 0.6 is 0 Å². The van der Waals surface area contributed by atoms with Crippen LogP contribution in [-0.4, -0.2) is 19.6 Å². The summed E-state index contributed by atoms with van der Waals surface area (Å²) >= 11 is 0. The van der Waals surface area contributed by atoms with Crippen LogP contribution in [0, 0.1) is 5.41 Å². The van der Waals surface area contributed by atoms with E-state index in [0.29, 0.717) is 19.6 Å². The zero-order valence-electron chi connectivity index (χ0n) is 8.82. The van der Waals surface area contributed by atoms with Crippen LogP contribution in [0.4, 0.5) is 0 Å². The van der Waals surface area contributed by atoms with Gasteiger partial charge in [-0.05, 0) is 17.7 Å². The summed E-state index contributed by atoms with van der Waals surface area (Å²) in [6.07, 6.45) is 0.453. The summed E-state index contributed by atoms with van der Waals surface area (Å²) in [6, 6.07) is 7.68. The van der Waals surface area contributed by atoms with Crippen molar-refractivity contribution in [1.29, 1.82) is 5.41 Å². The monoisotopic (exact) mass is 208 g/mol. The van der Waals surface area contributed by atoms with Crippen LogP contribution in [0.5, 0.6) is 5.75 Å². The number of benzene rings is 1. The minimum Gasteiger partial charge on any atom is -0.493 e. The second-order valence-corrected chi connectivity index (χ2v) is 3.20. The molecule has 0 spiro atoms. The minimum atomic E-state index is 0.142. The summed E-state index contributed by atoms with van der Waals surface area (Å²) in [7, 11) is 1.66. The minimum absolute atomic E-state index is 0.142. The molecule has 0 saturated carbocycles. The van der Waals surface area contributed by atoms with Gasteiger partial charge in [-0.3, -0.25) is 5.41 Å². The van der Waals surface area contributed by atoms with Crippen LogP contribution in [0.15, 0.2) is 24.3 Å². The Labute approximate surface area is 89.5 Å². The second-order valence-electron chi connectivity index (χ2n) is 3.20. The Morgan fingerprint density at radius 1 is 1.47 bits per heavy atom. The van der Waals surface area contributed by atoms with Crippen molar-refractivity contribution >= 4 is 5.84 Å². The number of hydrogen-bond acceptors (Lipinski definition) is 3. The first kappa shape index (κ1) is 11.5. The molecule has 15 heavy (non-hydrogen) atoms. The van der Waals surface area contributed by atoms with Gasteiger partial charge in [-0.1, -0.05) is 12.1 Å². The summed E-state index contributed by atoms with van der Waals surface area (Å²) in [5.74, 6) is 0.925. The summed E-state index contributed by atoms with van der Waals surface area (Å²) in [5, 5.41) is 7.05. The van der Waals surface area contributed by atoms with Crippen molar-refractivity contribution in [1.82, 2.24) is 0 Å². The van der Waals surface area contributed by atoms with Crippen molar-refractivity contribution in [3.05, 3.63) is 29.8 Å². The Bertz CT molecular complexity index is 326. The Hall–Kier alpha value is -1.55. The normalized spacial score (nSPS) is 9.93. The molecular formula is C11H16N2O2. The molecule has 1 rings (SSSR count). The fraction of sp³-hybridized carbons (Fsp3) is 0.364. The number of nitrogens with one attached hydrogen (secondary N) is 1. The maximum absolute atomic E-state index is 7.05. The largest absolute Gasteiger partial charge is 0.493 e. The van der Waals surface area contributed by atoms with Crippen molar-refractivity contribution in [2.24, 2.45) is 5.73 Å². The number of hydrogen-bond donors (Lipinski definition) is 2. The van der Waals surface area contributed by atoms with E-state index in [2.05, 4.69) is 0 Å². The van der Waals surface area contributed by atoms with Crippen LogP contribution in [0.3, 0.4) is 0 Å². The summed E-state index contributed by atoms with van der Waals surface area (Å²) in [5.41, 5.74) is 6.28. The molecule has 0 heterocycles. The lowest BCUT2D eigenvalue weighted by molar-refractivity contribution is 0.184. The fourth-order valence-electron chi connectivity index (χ4n) is 1.17. The van der Waals surface area contributed by atoms with E-state index < -0.39 is 0 Å². The molecule has 0 amide bonds. The van der Waals surface area contributed by atoms with Crippen LogP contribution < -0.4 is 10.5 Å². The van der Waals surface area contributed by atoms with Crippen LogP contribution in [0.1, 0.15) is 12.0 Å². The molecule has 3 N–H and O–H groups in total. The maximum Gasteiger partial charge on any atom is 0.119 e. The number of methoxy groups -OCH3 is 1. The molecular weight excluding hydrogens is 192 g/mol. The van der Waals surface area contributed by atoms with E-state index >= 15 is 0 Å². The van der Waals surface area contributed by atoms with Gasteiger partial charge in [0.15, 0.2) is 0 Å². The molecule has 0 aliphatic heterocycles. The van der Waals surface area contributed by atoms with E-state index in [0.717, 1.165) is 11.3 Å². The van der Waals surface area contributed by atoms with Crippen molar-refractivity contribution in [2.75, 3.05) is 13.7 Å². The van der Waals surface area contributed by atoms with Crippen molar-refractivity contribution in [2.45, 2.75) is 13.0 Å². The molecule has 4 heteroatoms. The molecule has 0 bridgehead atoms. The topological polar surface area (TPSA) is 68.3 Å². The van der Waals surface area contributed by atoms with Gasteiger partial charge in [-0.15, -0.1) is 0 Å². The molecule has 4 nitrogen and oxygen atoms in total. The van der Waals surface area contributed by atoms with Crippen molar-refractivity contribution in [3.63, 3.8) is 0 Å². The molecule has 0 saturated heterocycles. The highest BCUT2D eigenvalue weighted by atomic mass is 16.5. The van der Waals surface area contributed by atoms with Gasteiger partial charge in [0, 0.05) is 13.5 Å². The maximum atomic E-state index is 7.05. The molecule has 0 radical (unpaired) electrons. The van der Waals surface area contributed by atoms with E-state index in [-0.39, 0.29) is 5.84 Å². The second kappa shape index (κ2) is 6.03. The van der Waals surface area contributed by atoms with Gasteiger partial charge in [0.1, 0.15) is 5.75 Å². The molecule has 0 aromatic heterocycles. The van der Waals surface area contributed by atoms with E-state index in [1.165, 1.54) is 0 Å². The van der Waals surface area contributed by atoms with Gasteiger partial charge in [0.25, 0.3) is 0 Å². The zero-order chi connectivity index (χ0) is 11.1. The van der Waals surface area contributed by atoms with Gasteiger partial charge in [-0.2, -0.15) is 0 Å². The lowest BCUT2D eigenvalue weighted by Crippen LogP contribution is -2.13. The molecule has 0 unspecified atom stereocenters. The van der Waals surface area contributed by atoms with E-state index in [9.17, 15) is 0 Å². The standard InChI is InChI=1S/C11H16N2O2/c1-14-8-9-3-2-4-10(7-9)15-6-5-11(12)13/h2-4,7H,5-6,8H2,1H3,(H3,12,13). The molecule has 1 aromatic carbocycles. The number of nitrogens with two attached hydrogens (primary N) is 1. The lowest BCUT2D eigenvalue weighted by atomic mass is 10.2. The third kappa shape index (κ3) is 4.46. The van der Waals surface area contributed by atoms with E-state index in [1.807, 2.05) is 24.3 Å². The number of rotatable bonds is 6. The predicted molar refractivity (Wildman–Crippen MR) is 59.2 cm³/mol. The van der Waals surface area contributed by atoms with Crippen LogP contribution in [0.2, 0.25) is 0 Å². The molecule has 82 valence electrons. The lowest BCUT2D eigenvalue weighted by Gasteiger charge is -2.07. The quantitative estimate of drug-likeness (QED) is 0.550. The van der Waals surface area contributed by atoms with Crippen LogP contribution in [0.25, 0.3) is 0 Å². The average Bonchev–Trinajstić information content (AvgIpc) is 2.18. The Balaban J connectivity index is 2.46. The molecule has 0 fully saturated rings. The molecule has 0 aliphatic carbocycles. The van der Waals surface area contributed by atoms with Gasteiger partial charge in [0.05, 0.1) is 19.0 Å². The third-order valence-electron chi connectivity index (χ3n) is 1.85. The smallest absolute Gasteiger partial charge is 0.119 e. The van der Waals surface area contributed by atoms with Gasteiger partial charge in [-0.25, -0.2) is 0 Å². The van der Waals surface area contributed by atoms with Crippen molar-refractivity contribution < 1.29 is 9.47 Å². The highest BCUT2D eigenvalue weighted by Crippen LogP contribution is 2.13. The first-order chi connectivity index (χ1) is 7.22. The van der Waals surface area contributed by atoms with Crippen LogP contribution in [-0.2, 0) is 11.3 Å². The highest BCUT2D eigenvalue weighted by molar-refractivity contribution is 5.76. The fourth-order valence-corrected chi connectivity index (χ4v) is 1.17. The summed E-state index contributed by atoms with van der Waals surface area (Å²) < 4.78 is 10.4. The van der Waals surface area contributed by atoms with Gasteiger partial charge < -0.3 is 15.2 Å². The predicted octanol–water partition coefficient (Wildman–Crippen LogP) is 1.54. The molecule has 0 atom stereocenters. The SMILES string of the molecule is COCc1cccc(OCCC(=N)N)c1. The molecule has 0 aliphatic rings. The van der Waals surface area contributed by atoms with E-state index in [4.69, 9.17) is 20.6 Å². The number of ether oxygens (including phenoxy) is 2. The van der Waals surface area contributed by atoms with Gasteiger partial charge >= 0.3 is 0 Å². The number of amidine groups is 1. The Morgan fingerprint density at radius 3 is 2.93 bits per heavy atom. The highest BCUT2D eigenvalue weighted by Gasteiger charge is 1.97. The average molecular weight is 208 g/mol. The first-order valence-electron chi connectivity index (χ1n) is 4.76. The Kier molecular flexibility index (Phi) is 4.63. The summed E-state index contributed by atoms with van der Waals surface area (Å²) in [4.78, 5) is 0.